The smallest absolute Gasteiger partial charge is 0.255 e. The van der Waals surface area contributed by atoms with Crippen molar-refractivity contribution in [3.05, 3.63) is 28.8 Å². The largest absolute Gasteiger partial charge is 0.376 e. The highest BCUT2D eigenvalue weighted by Gasteiger charge is 2.60. The van der Waals surface area contributed by atoms with Crippen LogP contribution in [0.15, 0.2) is 18.2 Å². The molecule has 1 aromatic rings. The molecule has 0 spiro atoms. The Morgan fingerprint density at radius 1 is 1.33 bits per heavy atom. The minimum absolute atomic E-state index is 0.0921. The quantitative estimate of drug-likeness (QED) is 0.510. The summed E-state index contributed by atoms with van der Waals surface area (Å²) in [5, 5.41) is 18.4. The van der Waals surface area contributed by atoms with Gasteiger partial charge in [0.15, 0.2) is 0 Å². The molecule has 3 N–H and O–H groups in total. The van der Waals surface area contributed by atoms with Crippen LogP contribution in [0.2, 0.25) is 5.02 Å². The van der Waals surface area contributed by atoms with Crippen LogP contribution in [-0.4, -0.2) is 59.8 Å². The summed E-state index contributed by atoms with van der Waals surface area (Å²) in [7, 11) is 0. The van der Waals surface area contributed by atoms with Gasteiger partial charge in [0.1, 0.15) is 12.1 Å². The number of hydrogen-bond donors (Lipinski definition) is 3. The summed E-state index contributed by atoms with van der Waals surface area (Å²) in [4.78, 5) is 40.0. The number of anilines is 1. The van der Waals surface area contributed by atoms with Gasteiger partial charge in [0, 0.05) is 35.6 Å². The van der Waals surface area contributed by atoms with E-state index in [2.05, 4.69) is 16.0 Å². The number of nitrogens with one attached hydrogen (secondary N) is 3. The van der Waals surface area contributed by atoms with Crippen LogP contribution in [0.3, 0.4) is 0 Å². The summed E-state index contributed by atoms with van der Waals surface area (Å²) in [5.41, 5.74) is 1.39. The molecule has 5 atom stereocenters. The first kappa shape index (κ1) is 26.1. The summed E-state index contributed by atoms with van der Waals surface area (Å²) in [6, 6.07) is 4.00. The number of nitriles is 1. The van der Waals surface area contributed by atoms with E-state index in [1.165, 1.54) is 4.90 Å². The Labute approximate surface area is 213 Å². The molecule has 11 heteroatoms. The highest BCUT2D eigenvalue weighted by atomic mass is 35.5. The number of piperidine rings is 3. The standard InChI is InChI=1S/C25H30ClF2N5O3/c1-14-19(26)5-2-6-20(14)31-13-21(34)33-17-7-8-18(25(27,28)11-17)22(33)24(36)32-16(12-29)10-15-4-3-9-30-23(15)35/h2,5-6,15-18,22,31H,3-4,7-11,13H2,1H3,(H,30,35)(H,32,36)/t15-,16+,17+,18+,22+/m1/s1. The molecular formula is C25H30ClF2N5O3. The zero-order valence-corrected chi connectivity index (χ0v) is 20.8. The molecule has 1 saturated carbocycles. The third-order valence-corrected chi connectivity index (χ3v) is 7.99. The van der Waals surface area contributed by atoms with E-state index in [4.69, 9.17) is 11.6 Å². The van der Waals surface area contributed by atoms with E-state index in [1.807, 2.05) is 6.07 Å². The zero-order chi connectivity index (χ0) is 26.0. The van der Waals surface area contributed by atoms with Crippen molar-refractivity contribution >= 4 is 35.0 Å². The maximum absolute atomic E-state index is 14.9. The third kappa shape index (κ3) is 5.26. The number of hydrogen-bond acceptors (Lipinski definition) is 5. The van der Waals surface area contributed by atoms with Gasteiger partial charge in [-0.15, -0.1) is 0 Å². The molecule has 0 unspecified atom stereocenters. The van der Waals surface area contributed by atoms with Crippen LogP contribution in [-0.2, 0) is 14.4 Å². The Bertz CT molecular complexity index is 1080. The molecule has 1 aliphatic carbocycles. The zero-order valence-electron chi connectivity index (χ0n) is 20.0. The Morgan fingerprint density at radius 2 is 2.11 bits per heavy atom. The highest BCUT2D eigenvalue weighted by Crippen LogP contribution is 2.49. The van der Waals surface area contributed by atoms with Gasteiger partial charge in [0.05, 0.1) is 18.5 Å². The predicted octanol–water partition coefficient (Wildman–Crippen LogP) is 3.00. The Hall–Kier alpha value is -2.93. The van der Waals surface area contributed by atoms with Gasteiger partial charge in [0.25, 0.3) is 5.92 Å². The van der Waals surface area contributed by atoms with Gasteiger partial charge in [-0.3, -0.25) is 14.4 Å². The van der Waals surface area contributed by atoms with Crippen LogP contribution in [0.4, 0.5) is 14.5 Å². The summed E-state index contributed by atoms with van der Waals surface area (Å²) < 4.78 is 29.7. The second-order valence-electron chi connectivity index (χ2n) is 9.87. The molecule has 5 rings (SSSR count). The molecule has 3 saturated heterocycles. The summed E-state index contributed by atoms with van der Waals surface area (Å²) in [6.07, 6.45) is 1.45. The molecule has 36 heavy (non-hydrogen) atoms. The van der Waals surface area contributed by atoms with Crippen molar-refractivity contribution in [3.63, 3.8) is 0 Å². The lowest BCUT2D eigenvalue weighted by Gasteiger charge is -2.53. The van der Waals surface area contributed by atoms with Gasteiger partial charge < -0.3 is 20.9 Å². The number of fused-ring (bicyclic) bond motifs is 3. The van der Waals surface area contributed by atoms with Crippen LogP contribution >= 0.6 is 11.6 Å². The number of halogens is 3. The van der Waals surface area contributed by atoms with Gasteiger partial charge in [0.2, 0.25) is 17.7 Å². The van der Waals surface area contributed by atoms with E-state index in [0.29, 0.717) is 30.1 Å². The normalized spacial score (nSPS) is 27.5. The van der Waals surface area contributed by atoms with Crippen molar-refractivity contribution in [1.29, 1.82) is 5.26 Å². The molecule has 4 aliphatic rings. The molecular weight excluding hydrogens is 492 g/mol. The average Bonchev–Trinajstić information content (AvgIpc) is 2.84. The minimum atomic E-state index is -3.09. The van der Waals surface area contributed by atoms with Crippen LogP contribution in [0.5, 0.6) is 0 Å². The number of rotatable bonds is 7. The fourth-order valence-electron chi connectivity index (χ4n) is 5.67. The van der Waals surface area contributed by atoms with Crippen molar-refractivity contribution in [2.24, 2.45) is 11.8 Å². The van der Waals surface area contributed by atoms with Gasteiger partial charge in [-0.1, -0.05) is 17.7 Å². The Morgan fingerprint density at radius 3 is 2.81 bits per heavy atom. The number of nitrogens with zero attached hydrogens (tertiary/aromatic N) is 2. The van der Waals surface area contributed by atoms with Crippen molar-refractivity contribution in [2.75, 3.05) is 18.4 Å². The van der Waals surface area contributed by atoms with Crippen LogP contribution in [0.25, 0.3) is 0 Å². The lowest BCUT2D eigenvalue weighted by molar-refractivity contribution is -0.193. The molecule has 3 heterocycles. The first-order valence-electron chi connectivity index (χ1n) is 12.3. The van der Waals surface area contributed by atoms with Crippen LogP contribution < -0.4 is 16.0 Å². The van der Waals surface area contributed by atoms with E-state index < -0.39 is 54.1 Å². The highest BCUT2D eigenvalue weighted by molar-refractivity contribution is 6.31. The fraction of sp³-hybridized carbons (Fsp3) is 0.600. The summed E-state index contributed by atoms with van der Waals surface area (Å²) >= 11 is 6.14. The monoisotopic (exact) mass is 521 g/mol. The lowest BCUT2D eigenvalue weighted by atomic mass is 9.71. The van der Waals surface area contributed by atoms with Crippen LogP contribution in [0.1, 0.15) is 44.1 Å². The molecule has 3 amide bonds. The van der Waals surface area contributed by atoms with Crippen molar-refractivity contribution in [1.82, 2.24) is 15.5 Å². The number of benzene rings is 1. The molecule has 8 nitrogen and oxygen atoms in total. The van der Waals surface area contributed by atoms with Gasteiger partial charge >= 0.3 is 0 Å². The number of alkyl halides is 2. The molecule has 4 fully saturated rings. The SMILES string of the molecule is Cc1c(Cl)cccc1NCC(=O)N1[C@H]2CC[C@@H]([C@H]1C(=O)N[C@H](C#N)C[C@H]1CCCNC1=O)C(F)(F)C2. The molecule has 194 valence electrons. The van der Waals surface area contributed by atoms with E-state index in [-0.39, 0.29) is 25.3 Å². The van der Waals surface area contributed by atoms with Gasteiger partial charge in [-0.25, -0.2) is 8.78 Å². The van der Waals surface area contributed by atoms with E-state index in [9.17, 15) is 28.4 Å². The average molecular weight is 522 g/mol. The fourth-order valence-corrected chi connectivity index (χ4v) is 5.85. The molecule has 1 aromatic carbocycles. The second-order valence-corrected chi connectivity index (χ2v) is 10.3. The topological polar surface area (TPSA) is 114 Å². The van der Waals surface area contributed by atoms with Crippen molar-refractivity contribution in [2.45, 2.75) is 69.5 Å². The Kier molecular flexibility index (Phi) is 7.69. The number of amides is 3. The van der Waals surface area contributed by atoms with Gasteiger partial charge in [-0.2, -0.15) is 5.26 Å². The van der Waals surface area contributed by atoms with E-state index >= 15 is 0 Å². The maximum atomic E-state index is 14.9. The molecule has 0 aromatic heterocycles. The molecule has 2 bridgehead atoms. The second kappa shape index (κ2) is 10.6. The Balaban J connectivity index is 1.50. The van der Waals surface area contributed by atoms with E-state index in [1.54, 1.807) is 25.1 Å². The van der Waals surface area contributed by atoms with E-state index in [0.717, 1.165) is 12.0 Å². The molecule has 0 radical (unpaired) electrons. The minimum Gasteiger partial charge on any atom is -0.376 e. The summed E-state index contributed by atoms with van der Waals surface area (Å²) in [6.45, 7) is 2.17. The first-order chi connectivity index (χ1) is 17.1. The van der Waals surface area contributed by atoms with Gasteiger partial charge in [-0.05, 0) is 56.7 Å². The predicted molar refractivity (Wildman–Crippen MR) is 129 cm³/mol. The number of carbonyl (C=O) groups excluding carboxylic acids is 3. The van der Waals surface area contributed by atoms with Crippen LogP contribution in [0, 0.1) is 30.1 Å². The number of carbonyl (C=O) groups is 3. The molecule has 3 aliphatic heterocycles. The summed E-state index contributed by atoms with van der Waals surface area (Å²) in [5.74, 6) is -6.30. The van der Waals surface area contributed by atoms with Crippen molar-refractivity contribution in [3.8, 4) is 6.07 Å². The maximum Gasteiger partial charge on any atom is 0.255 e. The first-order valence-corrected chi connectivity index (χ1v) is 12.7. The lowest BCUT2D eigenvalue weighted by Crippen LogP contribution is -2.69. The third-order valence-electron chi connectivity index (χ3n) is 7.58. The van der Waals surface area contributed by atoms with Crippen molar-refractivity contribution < 1.29 is 23.2 Å².